The molecule has 0 unspecified atom stereocenters. The van der Waals surface area contributed by atoms with Crippen LogP contribution in [-0.4, -0.2) is 28.9 Å². The molecule has 0 aliphatic carbocycles. The molecule has 28 heavy (non-hydrogen) atoms. The van der Waals surface area contributed by atoms with Crippen LogP contribution in [0, 0.1) is 6.92 Å². The number of anilines is 1. The van der Waals surface area contributed by atoms with Crippen LogP contribution in [0.5, 0.6) is 0 Å². The van der Waals surface area contributed by atoms with E-state index in [0.29, 0.717) is 23.5 Å². The maximum absolute atomic E-state index is 12.2. The number of likely N-dealkylation sites (tertiary alicyclic amines) is 1. The Kier molecular flexibility index (Phi) is 4.47. The summed E-state index contributed by atoms with van der Waals surface area (Å²) in [5.74, 6) is -0.105. The number of aromatic amines is 1. The number of rotatable bonds is 4. The summed E-state index contributed by atoms with van der Waals surface area (Å²) in [6.45, 7) is 6.53. The summed E-state index contributed by atoms with van der Waals surface area (Å²) >= 11 is 6.36. The highest BCUT2D eigenvalue weighted by Crippen LogP contribution is 2.39. The fraction of sp³-hybridized carbons (Fsp3) is 0.182. The lowest BCUT2D eigenvalue weighted by atomic mass is 9.79. The fourth-order valence-corrected chi connectivity index (χ4v) is 4.04. The molecule has 1 aromatic heterocycles. The zero-order valence-corrected chi connectivity index (χ0v) is 16.2. The number of pyridine rings is 1. The highest BCUT2D eigenvalue weighted by Gasteiger charge is 2.47. The molecular weight excluding hydrogens is 374 g/mol. The van der Waals surface area contributed by atoms with E-state index in [1.807, 2.05) is 49.4 Å². The first-order valence-corrected chi connectivity index (χ1v) is 9.38. The van der Waals surface area contributed by atoms with Crippen molar-refractivity contribution in [3.8, 4) is 0 Å². The minimum absolute atomic E-state index is 0.105. The number of carbonyl (C=O) groups excluding carboxylic acids is 1. The van der Waals surface area contributed by atoms with Gasteiger partial charge in [-0.2, -0.15) is 0 Å². The Morgan fingerprint density at radius 2 is 2.07 bits per heavy atom. The third-order valence-corrected chi connectivity index (χ3v) is 5.76. The van der Waals surface area contributed by atoms with Crippen molar-refractivity contribution in [3.05, 3.63) is 87.8 Å². The van der Waals surface area contributed by atoms with Crippen LogP contribution >= 0.6 is 11.6 Å². The van der Waals surface area contributed by atoms with Gasteiger partial charge in [-0.25, -0.2) is 0 Å². The molecule has 1 fully saturated rings. The molecule has 2 aromatic carbocycles. The van der Waals surface area contributed by atoms with E-state index in [1.54, 1.807) is 11.1 Å². The topological polar surface area (TPSA) is 65.2 Å². The van der Waals surface area contributed by atoms with Gasteiger partial charge in [-0.05, 0) is 53.8 Å². The maximum atomic E-state index is 12.2. The predicted molar refractivity (Wildman–Crippen MR) is 113 cm³/mol. The van der Waals surface area contributed by atoms with Crippen molar-refractivity contribution < 1.29 is 4.79 Å². The largest absolute Gasteiger partial charge is 0.372 e. The second-order valence-electron chi connectivity index (χ2n) is 7.13. The first kappa shape index (κ1) is 18.3. The van der Waals surface area contributed by atoms with Gasteiger partial charge in [0.25, 0.3) is 5.56 Å². The number of fused-ring (bicyclic) bond motifs is 1. The average Bonchev–Trinajstić information content (AvgIpc) is 2.67. The Hall–Kier alpha value is -3.05. The van der Waals surface area contributed by atoms with Crippen LogP contribution in [0.1, 0.15) is 11.1 Å². The molecule has 1 aliphatic rings. The van der Waals surface area contributed by atoms with E-state index >= 15 is 0 Å². The first-order chi connectivity index (χ1) is 13.4. The number of hydrogen-bond donors (Lipinski definition) is 2. The monoisotopic (exact) mass is 393 g/mol. The van der Waals surface area contributed by atoms with E-state index in [1.165, 1.54) is 6.08 Å². The highest BCUT2D eigenvalue weighted by molar-refractivity contribution is 6.31. The van der Waals surface area contributed by atoms with Gasteiger partial charge in [0, 0.05) is 22.3 Å². The van der Waals surface area contributed by atoms with Crippen LogP contribution in [0.2, 0.25) is 5.02 Å². The number of nitrogens with zero attached hydrogens (tertiary/aromatic N) is 1. The van der Waals surface area contributed by atoms with Crippen molar-refractivity contribution >= 4 is 34.0 Å². The molecule has 5 nitrogen and oxygen atoms in total. The molecular formula is C22H20ClN3O2. The maximum Gasteiger partial charge on any atom is 0.255 e. The van der Waals surface area contributed by atoms with Gasteiger partial charge in [0.05, 0.1) is 18.6 Å². The zero-order valence-electron chi connectivity index (χ0n) is 15.5. The second-order valence-corrected chi connectivity index (χ2v) is 7.53. The summed E-state index contributed by atoms with van der Waals surface area (Å²) in [7, 11) is 0. The standard InChI is InChI=1S/C22H20ClN3O2/c1-3-20(27)26-12-22(13-26,18-5-4-6-19(23)14(18)2)25-16-8-7-15-9-10-24-21(28)17(15)11-16/h3-11,25H,1,12-13H2,2H3,(H,24,28). The molecule has 2 heterocycles. The zero-order chi connectivity index (χ0) is 19.9. The van der Waals surface area contributed by atoms with Gasteiger partial charge in [0.15, 0.2) is 0 Å². The number of carbonyl (C=O) groups is 1. The smallest absolute Gasteiger partial charge is 0.255 e. The Morgan fingerprint density at radius 3 is 2.82 bits per heavy atom. The third-order valence-electron chi connectivity index (χ3n) is 5.35. The Bertz CT molecular complexity index is 1150. The lowest BCUT2D eigenvalue weighted by Gasteiger charge is -2.51. The number of benzene rings is 2. The average molecular weight is 394 g/mol. The summed E-state index contributed by atoms with van der Waals surface area (Å²) in [4.78, 5) is 28.6. The van der Waals surface area contributed by atoms with Gasteiger partial charge in [-0.1, -0.05) is 36.4 Å². The molecule has 0 radical (unpaired) electrons. The molecule has 0 atom stereocenters. The van der Waals surface area contributed by atoms with Gasteiger partial charge < -0.3 is 15.2 Å². The lowest BCUT2D eigenvalue weighted by molar-refractivity contribution is -0.132. The molecule has 0 spiro atoms. The molecule has 1 amide bonds. The summed E-state index contributed by atoms with van der Waals surface area (Å²) in [5.41, 5.74) is 2.21. The lowest BCUT2D eigenvalue weighted by Crippen LogP contribution is -2.65. The van der Waals surface area contributed by atoms with Crippen LogP contribution in [0.3, 0.4) is 0 Å². The van der Waals surface area contributed by atoms with E-state index in [4.69, 9.17) is 11.6 Å². The van der Waals surface area contributed by atoms with Crippen LogP contribution in [0.15, 0.2) is 66.1 Å². The summed E-state index contributed by atoms with van der Waals surface area (Å²) in [5, 5.41) is 5.74. The number of amides is 1. The van der Waals surface area contributed by atoms with Crippen molar-refractivity contribution in [2.24, 2.45) is 0 Å². The minimum Gasteiger partial charge on any atom is -0.372 e. The van der Waals surface area contributed by atoms with Gasteiger partial charge in [0.1, 0.15) is 0 Å². The molecule has 0 bridgehead atoms. The highest BCUT2D eigenvalue weighted by atomic mass is 35.5. The molecule has 6 heteroatoms. The van der Waals surface area contributed by atoms with Crippen LogP contribution in [0.25, 0.3) is 10.8 Å². The van der Waals surface area contributed by atoms with Crippen LogP contribution in [-0.2, 0) is 10.3 Å². The number of H-pyrrole nitrogens is 1. The fourth-order valence-electron chi connectivity index (χ4n) is 3.87. The molecule has 2 N–H and O–H groups in total. The first-order valence-electron chi connectivity index (χ1n) is 9.00. The number of aromatic nitrogens is 1. The Labute approximate surface area is 167 Å². The Morgan fingerprint density at radius 1 is 1.29 bits per heavy atom. The number of halogens is 1. The van der Waals surface area contributed by atoms with Crippen molar-refractivity contribution in [2.45, 2.75) is 12.5 Å². The van der Waals surface area contributed by atoms with E-state index in [2.05, 4.69) is 16.9 Å². The molecule has 3 aromatic rings. The van der Waals surface area contributed by atoms with E-state index in [9.17, 15) is 9.59 Å². The van der Waals surface area contributed by atoms with E-state index in [-0.39, 0.29) is 11.5 Å². The van der Waals surface area contributed by atoms with Crippen molar-refractivity contribution in [3.63, 3.8) is 0 Å². The minimum atomic E-state index is -0.483. The quantitative estimate of drug-likeness (QED) is 0.662. The van der Waals surface area contributed by atoms with Crippen molar-refractivity contribution in [1.82, 2.24) is 9.88 Å². The van der Waals surface area contributed by atoms with Crippen molar-refractivity contribution in [2.75, 3.05) is 18.4 Å². The molecule has 142 valence electrons. The van der Waals surface area contributed by atoms with E-state index < -0.39 is 5.54 Å². The molecule has 4 rings (SSSR count). The number of nitrogens with one attached hydrogen (secondary N) is 2. The van der Waals surface area contributed by atoms with Gasteiger partial charge in [0.2, 0.25) is 5.91 Å². The number of hydrogen-bond acceptors (Lipinski definition) is 3. The van der Waals surface area contributed by atoms with Gasteiger partial charge in [-0.3, -0.25) is 9.59 Å². The van der Waals surface area contributed by atoms with Crippen LogP contribution in [0.4, 0.5) is 5.69 Å². The molecule has 1 saturated heterocycles. The molecule has 1 aliphatic heterocycles. The summed E-state index contributed by atoms with van der Waals surface area (Å²) in [6.07, 6.45) is 2.96. The Balaban J connectivity index is 1.76. The SMILES string of the molecule is C=CC(=O)N1CC(Nc2ccc3cc[nH]c(=O)c3c2)(c2cccc(Cl)c2C)C1. The van der Waals surface area contributed by atoms with Gasteiger partial charge >= 0.3 is 0 Å². The predicted octanol–water partition coefficient (Wildman–Crippen LogP) is 3.83. The molecule has 0 saturated carbocycles. The van der Waals surface area contributed by atoms with Crippen molar-refractivity contribution in [1.29, 1.82) is 0 Å². The van der Waals surface area contributed by atoms with Gasteiger partial charge in [-0.15, -0.1) is 0 Å². The summed E-state index contributed by atoms with van der Waals surface area (Å²) < 4.78 is 0. The third kappa shape index (κ3) is 2.98. The van der Waals surface area contributed by atoms with Crippen LogP contribution < -0.4 is 10.9 Å². The van der Waals surface area contributed by atoms with E-state index in [0.717, 1.165) is 22.2 Å². The normalized spacial score (nSPS) is 15.1. The summed E-state index contributed by atoms with van der Waals surface area (Å²) in [6, 6.07) is 13.4. The second kappa shape index (κ2) is 6.84.